The number of rotatable bonds is 6. The first-order valence-corrected chi connectivity index (χ1v) is 6.48. The maximum Gasteiger partial charge on any atom is 0.129 e. The molecule has 1 heterocycles. The number of piperidine rings is 1. The Bertz CT molecular complexity index is 210. The zero-order valence-corrected chi connectivity index (χ0v) is 11.0. The van der Waals surface area contributed by atoms with Crippen molar-refractivity contribution in [2.45, 2.75) is 45.1 Å². The van der Waals surface area contributed by atoms with Crippen LogP contribution < -0.4 is 0 Å². The average Bonchev–Trinajstić information content (AvgIpc) is 2.25. The molecule has 0 aliphatic carbocycles. The highest BCUT2D eigenvalue weighted by molar-refractivity contribution is 5.75. The van der Waals surface area contributed by atoms with Gasteiger partial charge in [0, 0.05) is 12.5 Å². The van der Waals surface area contributed by atoms with E-state index in [-0.39, 0.29) is 0 Å². The Labute approximate surface area is 99.8 Å². The maximum absolute atomic E-state index is 10.8. The molecule has 1 aliphatic heterocycles. The predicted molar refractivity (Wildman–Crippen MR) is 67.7 cm³/mol. The topological polar surface area (TPSA) is 23.6 Å². The molecule has 0 bridgehead atoms. The smallest absolute Gasteiger partial charge is 0.129 e. The lowest BCUT2D eigenvalue weighted by Crippen LogP contribution is -2.42. The third-order valence-electron chi connectivity index (χ3n) is 3.60. The summed E-state index contributed by atoms with van der Waals surface area (Å²) >= 11 is 0. The van der Waals surface area contributed by atoms with Crippen LogP contribution in [0.4, 0.5) is 0 Å². The van der Waals surface area contributed by atoms with Gasteiger partial charge in [0.15, 0.2) is 0 Å². The minimum Gasteiger partial charge on any atom is -0.306 e. The summed E-state index contributed by atoms with van der Waals surface area (Å²) in [7, 11) is 4.42. The molecular formula is C13H26N2O. The van der Waals surface area contributed by atoms with Crippen molar-refractivity contribution >= 4 is 5.78 Å². The van der Waals surface area contributed by atoms with Gasteiger partial charge in [-0.05, 0) is 66.3 Å². The SMILES string of the molecule is CC(=O)CCCCN(C)C1CCN(C)CC1. The van der Waals surface area contributed by atoms with Gasteiger partial charge < -0.3 is 14.6 Å². The quantitative estimate of drug-likeness (QED) is 0.645. The average molecular weight is 226 g/mol. The highest BCUT2D eigenvalue weighted by Crippen LogP contribution is 2.14. The predicted octanol–water partition coefficient (Wildman–Crippen LogP) is 1.77. The maximum atomic E-state index is 10.8. The first-order valence-electron chi connectivity index (χ1n) is 6.48. The standard InChI is InChI=1S/C13H26N2O/c1-12(16)6-4-5-9-15(3)13-7-10-14(2)11-8-13/h13H,4-11H2,1-3H3. The van der Waals surface area contributed by atoms with Crippen LogP contribution in [0.5, 0.6) is 0 Å². The molecule has 0 amide bonds. The second-order valence-electron chi connectivity index (χ2n) is 5.17. The van der Waals surface area contributed by atoms with Crippen LogP contribution in [0.2, 0.25) is 0 Å². The van der Waals surface area contributed by atoms with Crippen LogP contribution in [0.3, 0.4) is 0 Å². The van der Waals surface area contributed by atoms with Gasteiger partial charge in [-0.1, -0.05) is 0 Å². The first kappa shape index (κ1) is 13.7. The Morgan fingerprint density at radius 2 is 1.94 bits per heavy atom. The minimum atomic E-state index is 0.321. The molecular weight excluding hydrogens is 200 g/mol. The normalized spacial score (nSPS) is 19.2. The molecule has 3 heteroatoms. The minimum absolute atomic E-state index is 0.321. The van der Waals surface area contributed by atoms with E-state index in [0.29, 0.717) is 5.78 Å². The van der Waals surface area contributed by atoms with Gasteiger partial charge in [-0.25, -0.2) is 0 Å². The molecule has 0 atom stereocenters. The second-order valence-corrected chi connectivity index (χ2v) is 5.17. The Hall–Kier alpha value is -0.410. The number of carbonyl (C=O) groups is 1. The molecule has 0 aromatic carbocycles. The van der Waals surface area contributed by atoms with E-state index < -0.39 is 0 Å². The van der Waals surface area contributed by atoms with Crippen molar-refractivity contribution in [3.05, 3.63) is 0 Å². The summed E-state index contributed by atoms with van der Waals surface area (Å²) in [6, 6.07) is 0.758. The molecule has 0 radical (unpaired) electrons. The molecule has 1 rings (SSSR count). The summed E-state index contributed by atoms with van der Waals surface area (Å²) in [6.45, 7) is 5.27. The zero-order valence-electron chi connectivity index (χ0n) is 11.0. The second kappa shape index (κ2) is 7.02. The summed E-state index contributed by atoms with van der Waals surface area (Å²) in [5.74, 6) is 0.321. The Balaban J connectivity index is 2.10. The summed E-state index contributed by atoms with van der Waals surface area (Å²) in [4.78, 5) is 15.7. The lowest BCUT2D eigenvalue weighted by Gasteiger charge is -2.35. The largest absolute Gasteiger partial charge is 0.306 e. The van der Waals surface area contributed by atoms with Crippen LogP contribution in [0.25, 0.3) is 0 Å². The van der Waals surface area contributed by atoms with Gasteiger partial charge in [0.05, 0.1) is 0 Å². The molecule has 1 aliphatic rings. The number of hydrogen-bond acceptors (Lipinski definition) is 3. The van der Waals surface area contributed by atoms with Crippen LogP contribution in [0.1, 0.15) is 39.0 Å². The van der Waals surface area contributed by atoms with E-state index in [1.54, 1.807) is 6.92 Å². The third kappa shape index (κ3) is 5.08. The molecule has 1 fully saturated rings. The van der Waals surface area contributed by atoms with E-state index in [2.05, 4.69) is 23.9 Å². The highest BCUT2D eigenvalue weighted by Gasteiger charge is 2.19. The Morgan fingerprint density at radius 1 is 1.31 bits per heavy atom. The first-order chi connectivity index (χ1) is 7.59. The van der Waals surface area contributed by atoms with Crippen molar-refractivity contribution in [1.82, 2.24) is 9.80 Å². The van der Waals surface area contributed by atoms with Crippen LogP contribution in [-0.4, -0.2) is 55.4 Å². The van der Waals surface area contributed by atoms with E-state index in [1.165, 1.54) is 25.9 Å². The molecule has 0 N–H and O–H groups in total. The fourth-order valence-electron chi connectivity index (χ4n) is 2.35. The van der Waals surface area contributed by atoms with Gasteiger partial charge >= 0.3 is 0 Å². The van der Waals surface area contributed by atoms with Crippen molar-refractivity contribution in [2.24, 2.45) is 0 Å². The van der Waals surface area contributed by atoms with Crippen molar-refractivity contribution in [3.63, 3.8) is 0 Å². The number of carbonyl (C=O) groups excluding carboxylic acids is 1. The number of likely N-dealkylation sites (tertiary alicyclic amines) is 1. The van der Waals surface area contributed by atoms with Crippen molar-refractivity contribution in [1.29, 1.82) is 0 Å². The molecule has 1 saturated heterocycles. The summed E-state index contributed by atoms with van der Waals surface area (Å²) in [5, 5.41) is 0. The number of ketones is 1. The van der Waals surface area contributed by atoms with Gasteiger partial charge in [-0.2, -0.15) is 0 Å². The third-order valence-corrected chi connectivity index (χ3v) is 3.60. The molecule has 0 saturated carbocycles. The lowest BCUT2D eigenvalue weighted by molar-refractivity contribution is -0.117. The van der Waals surface area contributed by atoms with E-state index in [0.717, 1.165) is 31.8 Å². The molecule has 0 unspecified atom stereocenters. The Kier molecular flexibility index (Phi) is 5.99. The lowest BCUT2D eigenvalue weighted by atomic mass is 10.0. The molecule has 94 valence electrons. The van der Waals surface area contributed by atoms with Gasteiger partial charge in [-0.15, -0.1) is 0 Å². The van der Waals surface area contributed by atoms with Crippen molar-refractivity contribution in [2.75, 3.05) is 33.7 Å². The molecule has 0 spiro atoms. The Morgan fingerprint density at radius 3 is 2.50 bits per heavy atom. The molecule has 0 aromatic heterocycles. The van der Waals surface area contributed by atoms with Crippen LogP contribution >= 0.6 is 0 Å². The summed E-state index contributed by atoms with van der Waals surface area (Å²) in [5.41, 5.74) is 0. The van der Waals surface area contributed by atoms with E-state index >= 15 is 0 Å². The molecule has 0 aromatic rings. The zero-order chi connectivity index (χ0) is 12.0. The fourth-order valence-corrected chi connectivity index (χ4v) is 2.35. The molecule has 3 nitrogen and oxygen atoms in total. The van der Waals surface area contributed by atoms with Crippen molar-refractivity contribution in [3.8, 4) is 0 Å². The molecule has 16 heavy (non-hydrogen) atoms. The summed E-state index contributed by atoms with van der Waals surface area (Å²) < 4.78 is 0. The van der Waals surface area contributed by atoms with Gasteiger partial charge in [-0.3, -0.25) is 0 Å². The van der Waals surface area contributed by atoms with Gasteiger partial charge in [0.2, 0.25) is 0 Å². The monoisotopic (exact) mass is 226 g/mol. The number of nitrogens with zero attached hydrogens (tertiary/aromatic N) is 2. The van der Waals surface area contributed by atoms with Crippen LogP contribution in [-0.2, 0) is 4.79 Å². The summed E-state index contributed by atoms with van der Waals surface area (Å²) in [6.07, 6.45) is 5.54. The number of Topliss-reactive ketones (excluding diaryl/α,β-unsaturated/α-hetero) is 1. The highest BCUT2D eigenvalue weighted by atomic mass is 16.1. The van der Waals surface area contributed by atoms with Crippen molar-refractivity contribution < 1.29 is 4.79 Å². The van der Waals surface area contributed by atoms with Crippen LogP contribution in [0, 0.1) is 0 Å². The number of unbranched alkanes of at least 4 members (excludes halogenated alkanes) is 1. The van der Waals surface area contributed by atoms with Gasteiger partial charge in [0.1, 0.15) is 5.78 Å². The number of hydrogen-bond donors (Lipinski definition) is 0. The van der Waals surface area contributed by atoms with E-state index in [1.807, 2.05) is 0 Å². The van der Waals surface area contributed by atoms with Crippen LogP contribution in [0.15, 0.2) is 0 Å². The van der Waals surface area contributed by atoms with E-state index in [9.17, 15) is 4.79 Å². The fraction of sp³-hybridized carbons (Fsp3) is 0.923. The van der Waals surface area contributed by atoms with E-state index in [4.69, 9.17) is 0 Å². The van der Waals surface area contributed by atoms with Gasteiger partial charge in [0.25, 0.3) is 0 Å².